The van der Waals surface area contributed by atoms with E-state index in [1.807, 2.05) is 45.0 Å². The van der Waals surface area contributed by atoms with Crippen LogP contribution >= 0.6 is 0 Å². The van der Waals surface area contributed by atoms with Crippen LogP contribution < -0.4 is 5.32 Å². The quantitative estimate of drug-likeness (QED) is 0.617. The molecular formula is C21H25N5O3. The van der Waals surface area contributed by atoms with E-state index in [9.17, 15) is 9.59 Å². The summed E-state index contributed by atoms with van der Waals surface area (Å²) >= 11 is 0. The second-order valence-corrected chi connectivity index (χ2v) is 7.17. The Balaban J connectivity index is 1.54. The zero-order valence-corrected chi connectivity index (χ0v) is 17.0. The van der Waals surface area contributed by atoms with Crippen LogP contribution in [0.5, 0.6) is 0 Å². The van der Waals surface area contributed by atoms with Gasteiger partial charge in [0.05, 0.1) is 0 Å². The molecule has 8 nitrogen and oxygen atoms in total. The number of carbonyl (C=O) groups excluding carboxylic acids is 2. The number of aryl methyl sites for hydroxylation is 3. The van der Waals surface area contributed by atoms with Crippen molar-refractivity contribution >= 4 is 17.7 Å². The first-order valence-corrected chi connectivity index (χ1v) is 9.60. The summed E-state index contributed by atoms with van der Waals surface area (Å²) in [6, 6.07) is 11.9. The largest absolute Gasteiger partial charge is 0.447 e. The number of hydrogen-bond donors (Lipinski definition) is 1. The van der Waals surface area contributed by atoms with Gasteiger partial charge < -0.3 is 10.1 Å². The zero-order valence-electron chi connectivity index (χ0n) is 17.0. The molecule has 0 fully saturated rings. The predicted molar refractivity (Wildman–Crippen MR) is 108 cm³/mol. The average Bonchev–Trinajstić information content (AvgIpc) is 3.11. The molecule has 1 N–H and O–H groups in total. The third kappa shape index (κ3) is 5.16. The van der Waals surface area contributed by atoms with Gasteiger partial charge in [-0.15, -0.1) is 5.10 Å². The summed E-state index contributed by atoms with van der Waals surface area (Å²) in [7, 11) is 0. The van der Waals surface area contributed by atoms with Crippen LogP contribution in [0, 0.1) is 13.8 Å². The van der Waals surface area contributed by atoms with Gasteiger partial charge in [-0.3, -0.25) is 4.79 Å². The van der Waals surface area contributed by atoms with Crippen LogP contribution in [0.2, 0.25) is 0 Å². The fourth-order valence-electron chi connectivity index (χ4n) is 2.98. The van der Waals surface area contributed by atoms with E-state index in [4.69, 9.17) is 4.74 Å². The number of rotatable bonds is 7. The Morgan fingerprint density at radius 1 is 1.14 bits per heavy atom. The lowest BCUT2D eigenvalue weighted by molar-refractivity contribution is -0.129. The third-order valence-electron chi connectivity index (χ3n) is 4.55. The van der Waals surface area contributed by atoms with Crippen molar-refractivity contribution in [3.05, 3.63) is 59.2 Å². The lowest BCUT2D eigenvalue weighted by Crippen LogP contribution is -2.41. The summed E-state index contributed by atoms with van der Waals surface area (Å²) in [6.45, 7) is 7.14. The number of aromatic nitrogens is 4. The maximum atomic E-state index is 12.4. The monoisotopic (exact) mass is 395 g/mol. The van der Waals surface area contributed by atoms with E-state index in [0.717, 1.165) is 24.2 Å². The van der Waals surface area contributed by atoms with Gasteiger partial charge in [-0.05, 0) is 52.2 Å². The molecule has 0 saturated carbocycles. The molecule has 0 unspecified atom stereocenters. The number of amides is 1. The summed E-state index contributed by atoms with van der Waals surface area (Å²) in [6.07, 6.45) is 0.686. The van der Waals surface area contributed by atoms with Gasteiger partial charge in [0.25, 0.3) is 17.5 Å². The molecular weight excluding hydrogens is 370 g/mol. The minimum absolute atomic E-state index is 0.0491. The SMILES string of the molecule is Cc1cc(C)n2nc(C(=O)O[C@@H](C)C(=O)N[C@H](C)CCc3ccccc3)nc2n1. The standard InChI is InChI=1S/C21H25N5O3/c1-13(10-11-17-8-6-5-7-9-17)22-19(27)16(4)29-20(28)18-24-21-23-14(2)12-15(3)26(21)25-18/h5-9,12-13,16H,10-11H2,1-4H3,(H,22,27)/t13-,16+/m1/s1. The van der Waals surface area contributed by atoms with Crippen LogP contribution in [-0.4, -0.2) is 43.6 Å². The molecule has 1 amide bonds. The summed E-state index contributed by atoms with van der Waals surface area (Å²) in [5.74, 6) is -0.913. The van der Waals surface area contributed by atoms with E-state index in [2.05, 4.69) is 32.5 Å². The lowest BCUT2D eigenvalue weighted by atomic mass is 10.1. The van der Waals surface area contributed by atoms with Gasteiger partial charge in [-0.25, -0.2) is 14.3 Å². The highest BCUT2D eigenvalue weighted by atomic mass is 16.5. The second-order valence-electron chi connectivity index (χ2n) is 7.17. The molecule has 0 bridgehead atoms. The van der Waals surface area contributed by atoms with Gasteiger partial charge in [0.15, 0.2) is 6.10 Å². The molecule has 0 aliphatic heterocycles. The number of carbonyl (C=O) groups is 2. The van der Waals surface area contributed by atoms with Crippen LogP contribution in [0.4, 0.5) is 0 Å². The molecule has 152 valence electrons. The highest BCUT2D eigenvalue weighted by molar-refractivity contribution is 5.89. The summed E-state index contributed by atoms with van der Waals surface area (Å²) in [4.78, 5) is 33.1. The van der Waals surface area contributed by atoms with E-state index in [0.29, 0.717) is 5.78 Å². The summed E-state index contributed by atoms with van der Waals surface area (Å²) in [5.41, 5.74) is 2.79. The Hall–Kier alpha value is -3.29. The van der Waals surface area contributed by atoms with Crippen molar-refractivity contribution < 1.29 is 14.3 Å². The number of fused-ring (bicyclic) bond motifs is 1. The topological polar surface area (TPSA) is 98.5 Å². The van der Waals surface area contributed by atoms with E-state index in [1.165, 1.54) is 17.0 Å². The Bertz CT molecular complexity index is 1020. The van der Waals surface area contributed by atoms with Gasteiger partial charge >= 0.3 is 5.97 Å². The molecule has 0 aliphatic carbocycles. The van der Waals surface area contributed by atoms with E-state index in [-0.39, 0.29) is 17.8 Å². The third-order valence-corrected chi connectivity index (χ3v) is 4.55. The fraction of sp³-hybridized carbons (Fsp3) is 0.381. The van der Waals surface area contributed by atoms with Crippen LogP contribution in [0.1, 0.15) is 47.8 Å². The molecule has 1 aromatic carbocycles. The zero-order chi connectivity index (χ0) is 21.0. The number of nitrogens with one attached hydrogen (secondary N) is 1. The van der Waals surface area contributed by atoms with Gasteiger partial charge in [-0.2, -0.15) is 4.98 Å². The first kappa shape index (κ1) is 20.4. The molecule has 2 heterocycles. The van der Waals surface area contributed by atoms with Crippen LogP contribution in [0.15, 0.2) is 36.4 Å². The molecule has 2 aromatic heterocycles. The van der Waals surface area contributed by atoms with E-state index < -0.39 is 12.1 Å². The first-order chi connectivity index (χ1) is 13.8. The first-order valence-electron chi connectivity index (χ1n) is 9.60. The minimum Gasteiger partial charge on any atom is -0.447 e. The number of benzene rings is 1. The number of ether oxygens (including phenoxy) is 1. The Labute approximate surface area is 169 Å². The molecule has 0 radical (unpaired) electrons. The van der Waals surface area contributed by atoms with Crippen molar-refractivity contribution in [3.8, 4) is 0 Å². The predicted octanol–water partition coefficient (Wildman–Crippen LogP) is 2.42. The molecule has 0 saturated heterocycles. The molecule has 8 heteroatoms. The second kappa shape index (κ2) is 8.81. The van der Waals surface area contributed by atoms with Crippen LogP contribution in [0.25, 0.3) is 5.78 Å². The van der Waals surface area contributed by atoms with Gasteiger partial charge in [-0.1, -0.05) is 30.3 Å². The number of hydrogen-bond acceptors (Lipinski definition) is 6. The maximum absolute atomic E-state index is 12.4. The molecule has 2 atom stereocenters. The van der Waals surface area contributed by atoms with Gasteiger partial charge in [0, 0.05) is 17.4 Å². The molecule has 29 heavy (non-hydrogen) atoms. The average molecular weight is 395 g/mol. The van der Waals surface area contributed by atoms with Gasteiger partial charge in [0.2, 0.25) is 0 Å². The number of esters is 1. The van der Waals surface area contributed by atoms with E-state index >= 15 is 0 Å². The van der Waals surface area contributed by atoms with Crippen LogP contribution in [-0.2, 0) is 16.0 Å². The molecule has 0 spiro atoms. The fourth-order valence-corrected chi connectivity index (χ4v) is 2.98. The Morgan fingerprint density at radius 2 is 1.86 bits per heavy atom. The van der Waals surface area contributed by atoms with Crippen molar-refractivity contribution in [1.29, 1.82) is 0 Å². The maximum Gasteiger partial charge on any atom is 0.379 e. The highest BCUT2D eigenvalue weighted by Gasteiger charge is 2.23. The van der Waals surface area contributed by atoms with Crippen molar-refractivity contribution in [2.75, 3.05) is 0 Å². The lowest BCUT2D eigenvalue weighted by Gasteiger charge is -2.17. The minimum atomic E-state index is -0.955. The molecule has 0 aliphatic rings. The van der Waals surface area contributed by atoms with Crippen LogP contribution in [0.3, 0.4) is 0 Å². The highest BCUT2D eigenvalue weighted by Crippen LogP contribution is 2.08. The normalized spacial score (nSPS) is 13.1. The van der Waals surface area contributed by atoms with Crippen molar-refractivity contribution in [2.24, 2.45) is 0 Å². The molecule has 3 rings (SSSR count). The smallest absolute Gasteiger partial charge is 0.379 e. The summed E-state index contributed by atoms with van der Waals surface area (Å²) < 4.78 is 6.72. The Kier molecular flexibility index (Phi) is 6.21. The van der Waals surface area contributed by atoms with Crippen molar-refractivity contribution in [3.63, 3.8) is 0 Å². The van der Waals surface area contributed by atoms with Crippen molar-refractivity contribution in [2.45, 2.75) is 52.7 Å². The van der Waals surface area contributed by atoms with Crippen molar-refractivity contribution in [1.82, 2.24) is 24.9 Å². The Morgan fingerprint density at radius 3 is 2.59 bits per heavy atom. The van der Waals surface area contributed by atoms with Gasteiger partial charge in [0.1, 0.15) is 0 Å². The molecule has 3 aromatic rings. The summed E-state index contributed by atoms with van der Waals surface area (Å²) in [5, 5.41) is 7.00. The number of nitrogens with zero attached hydrogens (tertiary/aromatic N) is 4. The van der Waals surface area contributed by atoms with E-state index in [1.54, 1.807) is 0 Å².